The van der Waals surface area contributed by atoms with Gasteiger partial charge in [-0.2, -0.15) is 0 Å². The third kappa shape index (κ3) is 2.16. The van der Waals surface area contributed by atoms with E-state index in [0.717, 1.165) is 11.3 Å². The summed E-state index contributed by atoms with van der Waals surface area (Å²) in [6.07, 6.45) is -0.0868. The molecule has 1 aromatic carbocycles. The molecule has 1 aliphatic heterocycles. The number of rotatable bonds is 2. The molecule has 15 heavy (non-hydrogen) atoms. The lowest BCUT2D eigenvalue weighted by molar-refractivity contribution is -0.0249. The van der Waals surface area contributed by atoms with Crippen molar-refractivity contribution in [2.45, 2.75) is 18.0 Å². The van der Waals surface area contributed by atoms with Crippen LogP contribution in [0, 0.1) is 0 Å². The molecule has 1 aliphatic rings. The molecule has 2 nitrogen and oxygen atoms in total. The van der Waals surface area contributed by atoms with Crippen LogP contribution in [0.3, 0.4) is 0 Å². The first-order chi connectivity index (χ1) is 7.15. The molecular formula is C11H13ClO2S. The van der Waals surface area contributed by atoms with Crippen LogP contribution < -0.4 is 0 Å². The zero-order valence-electron chi connectivity index (χ0n) is 8.44. The minimum Gasteiger partial charge on any atom is -0.394 e. The Balaban J connectivity index is 2.27. The van der Waals surface area contributed by atoms with Crippen LogP contribution in [0.15, 0.2) is 24.3 Å². The fraction of sp³-hybridized carbons (Fsp3) is 0.455. The number of thioether (sulfide) groups is 1. The summed E-state index contributed by atoms with van der Waals surface area (Å²) < 4.78 is 5.79. The maximum atomic E-state index is 9.04. The third-order valence-corrected chi connectivity index (χ3v) is 4.24. The molecule has 0 bridgehead atoms. The van der Waals surface area contributed by atoms with Crippen molar-refractivity contribution in [2.75, 3.05) is 12.4 Å². The molecule has 0 radical (unpaired) electrons. The van der Waals surface area contributed by atoms with E-state index < -0.39 is 4.93 Å². The summed E-state index contributed by atoms with van der Waals surface area (Å²) in [7, 11) is 0. The minimum atomic E-state index is -0.425. The van der Waals surface area contributed by atoms with E-state index in [1.165, 1.54) is 0 Å². The van der Waals surface area contributed by atoms with E-state index in [0.29, 0.717) is 5.02 Å². The topological polar surface area (TPSA) is 29.5 Å². The summed E-state index contributed by atoms with van der Waals surface area (Å²) in [5.41, 5.74) is 0.979. The van der Waals surface area contributed by atoms with Gasteiger partial charge in [0.25, 0.3) is 0 Å². The Kier molecular flexibility index (Phi) is 3.26. The maximum absolute atomic E-state index is 9.04. The van der Waals surface area contributed by atoms with Gasteiger partial charge in [0.05, 0.1) is 12.7 Å². The van der Waals surface area contributed by atoms with Gasteiger partial charge in [0.2, 0.25) is 0 Å². The highest BCUT2D eigenvalue weighted by atomic mass is 35.5. The van der Waals surface area contributed by atoms with Gasteiger partial charge in [-0.05, 0) is 13.0 Å². The monoisotopic (exact) mass is 244 g/mol. The third-order valence-electron chi connectivity index (χ3n) is 2.50. The van der Waals surface area contributed by atoms with Crippen LogP contribution in [0.1, 0.15) is 12.5 Å². The number of hydrogen-bond acceptors (Lipinski definition) is 3. The van der Waals surface area contributed by atoms with Gasteiger partial charge in [-0.1, -0.05) is 29.8 Å². The van der Waals surface area contributed by atoms with E-state index in [-0.39, 0.29) is 12.7 Å². The molecule has 1 N–H and O–H groups in total. The Morgan fingerprint density at radius 1 is 1.60 bits per heavy atom. The van der Waals surface area contributed by atoms with Crippen molar-refractivity contribution in [3.63, 3.8) is 0 Å². The van der Waals surface area contributed by atoms with Crippen LogP contribution in [0.5, 0.6) is 0 Å². The molecule has 0 unspecified atom stereocenters. The number of benzene rings is 1. The second-order valence-electron chi connectivity index (χ2n) is 3.66. The van der Waals surface area contributed by atoms with Gasteiger partial charge in [-0.15, -0.1) is 11.8 Å². The highest BCUT2D eigenvalue weighted by Crippen LogP contribution is 2.46. The van der Waals surface area contributed by atoms with Crippen LogP contribution >= 0.6 is 23.4 Å². The van der Waals surface area contributed by atoms with E-state index in [2.05, 4.69) is 0 Å². The van der Waals surface area contributed by atoms with E-state index in [9.17, 15) is 0 Å². The molecule has 4 heteroatoms. The van der Waals surface area contributed by atoms with E-state index >= 15 is 0 Å². The van der Waals surface area contributed by atoms with Crippen molar-refractivity contribution in [1.29, 1.82) is 0 Å². The second kappa shape index (κ2) is 4.34. The van der Waals surface area contributed by atoms with Gasteiger partial charge >= 0.3 is 0 Å². The summed E-state index contributed by atoms with van der Waals surface area (Å²) in [4.78, 5) is -0.425. The van der Waals surface area contributed by atoms with Crippen molar-refractivity contribution in [1.82, 2.24) is 0 Å². The summed E-state index contributed by atoms with van der Waals surface area (Å²) >= 11 is 7.81. The van der Waals surface area contributed by atoms with E-state index in [1.807, 2.05) is 31.2 Å². The average Bonchev–Trinajstić information content (AvgIpc) is 2.62. The van der Waals surface area contributed by atoms with E-state index in [4.69, 9.17) is 21.4 Å². The van der Waals surface area contributed by atoms with Crippen molar-refractivity contribution < 1.29 is 9.84 Å². The minimum absolute atomic E-state index is 0.0625. The second-order valence-corrected chi connectivity index (χ2v) is 5.47. The van der Waals surface area contributed by atoms with Crippen LogP contribution in [0.2, 0.25) is 5.02 Å². The molecule has 0 spiro atoms. The molecule has 2 rings (SSSR count). The van der Waals surface area contributed by atoms with Gasteiger partial charge in [0.1, 0.15) is 4.93 Å². The largest absolute Gasteiger partial charge is 0.394 e. The molecule has 0 aliphatic carbocycles. The van der Waals surface area contributed by atoms with Crippen LogP contribution in [0.25, 0.3) is 0 Å². The van der Waals surface area contributed by atoms with Crippen LogP contribution in [0.4, 0.5) is 0 Å². The highest BCUT2D eigenvalue weighted by Gasteiger charge is 2.39. The van der Waals surface area contributed by atoms with Gasteiger partial charge < -0.3 is 9.84 Å². The van der Waals surface area contributed by atoms with Gasteiger partial charge in [-0.25, -0.2) is 0 Å². The molecular weight excluding hydrogens is 232 g/mol. The average molecular weight is 245 g/mol. The molecule has 1 saturated heterocycles. The number of ether oxygens (including phenoxy) is 1. The van der Waals surface area contributed by atoms with E-state index in [1.54, 1.807) is 11.8 Å². The first kappa shape index (κ1) is 11.3. The highest BCUT2D eigenvalue weighted by molar-refractivity contribution is 8.00. The Hall–Kier alpha value is -0.220. The summed E-state index contributed by atoms with van der Waals surface area (Å²) in [5, 5.41) is 9.76. The molecule has 0 saturated carbocycles. The first-order valence-electron chi connectivity index (χ1n) is 4.83. The molecule has 2 atom stereocenters. The van der Waals surface area contributed by atoms with Gasteiger partial charge in [-0.3, -0.25) is 0 Å². The van der Waals surface area contributed by atoms with Gasteiger partial charge in [0.15, 0.2) is 0 Å². The number of aliphatic hydroxyl groups excluding tert-OH is 1. The predicted molar refractivity (Wildman–Crippen MR) is 63.2 cm³/mol. The normalized spacial score (nSPS) is 30.7. The Morgan fingerprint density at radius 3 is 2.93 bits per heavy atom. The lowest BCUT2D eigenvalue weighted by atomic mass is 10.1. The van der Waals surface area contributed by atoms with Crippen molar-refractivity contribution in [3.05, 3.63) is 34.9 Å². The molecule has 1 heterocycles. The molecule has 1 aromatic rings. The maximum Gasteiger partial charge on any atom is 0.138 e. The van der Waals surface area contributed by atoms with Crippen LogP contribution in [-0.4, -0.2) is 23.6 Å². The fourth-order valence-electron chi connectivity index (χ4n) is 1.70. The van der Waals surface area contributed by atoms with Crippen molar-refractivity contribution in [3.8, 4) is 0 Å². The Morgan fingerprint density at radius 2 is 2.33 bits per heavy atom. The number of halogens is 1. The smallest absolute Gasteiger partial charge is 0.138 e. The molecule has 0 aromatic heterocycles. The number of hydrogen-bond donors (Lipinski definition) is 1. The van der Waals surface area contributed by atoms with Crippen molar-refractivity contribution in [2.24, 2.45) is 0 Å². The Bertz CT molecular complexity index is 358. The zero-order chi connectivity index (χ0) is 10.9. The van der Waals surface area contributed by atoms with Crippen LogP contribution in [-0.2, 0) is 9.67 Å². The lowest BCUT2D eigenvalue weighted by Crippen LogP contribution is -2.23. The predicted octanol–water partition coefficient (Wildman–Crippen LogP) is 2.64. The molecule has 0 amide bonds. The SMILES string of the molecule is C[C@@]1(c2ccccc2Cl)O[C@@H](CO)CS1. The molecule has 1 fully saturated rings. The molecule has 82 valence electrons. The number of aliphatic hydroxyl groups is 1. The quantitative estimate of drug-likeness (QED) is 0.867. The van der Waals surface area contributed by atoms with Gasteiger partial charge in [0, 0.05) is 16.3 Å². The summed E-state index contributed by atoms with van der Waals surface area (Å²) in [5.74, 6) is 0.804. The fourth-order valence-corrected chi connectivity index (χ4v) is 3.29. The summed E-state index contributed by atoms with van der Waals surface area (Å²) in [6.45, 7) is 2.06. The lowest BCUT2D eigenvalue weighted by Gasteiger charge is -2.24. The summed E-state index contributed by atoms with van der Waals surface area (Å²) in [6, 6.07) is 7.68. The standard InChI is InChI=1S/C11H13ClO2S/c1-11(14-8(6-13)7-15-11)9-4-2-3-5-10(9)12/h2-5,8,13H,6-7H2,1H3/t8-,11+/m0/s1. The zero-order valence-corrected chi connectivity index (χ0v) is 10.0. The first-order valence-corrected chi connectivity index (χ1v) is 6.20. The Labute approximate surface area is 98.6 Å². The van der Waals surface area contributed by atoms with Crippen molar-refractivity contribution >= 4 is 23.4 Å².